The molecule has 0 unspecified atom stereocenters. The second kappa shape index (κ2) is 4.60. The molecule has 0 atom stereocenters. The first-order valence-corrected chi connectivity index (χ1v) is 2.79. The fourth-order valence-corrected chi connectivity index (χ4v) is 0.228. The quantitative estimate of drug-likeness (QED) is 0.360. The third-order valence-corrected chi connectivity index (χ3v) is 0.738. The van der Waals surface area contributed by atoms with Crippen molar-refractivity contribution < 1.29 is 14.6 Å². The van der Waals surface area contributed by atoms with E-state index in [2.05, 4.69) is 9.84 Å². The highest BCUT2D eigenvalue weighted by atomic mass is 16.5. The van der Waals surface area contributed by atoms with E-state index < -0.39 is 6.09 Å². The molecule has 58 valence electrons. The zero-order chi connectivity index (χ0) is 7.98. The Morgan fingerprint density at radius 3 is 2.90 bits per heavy atom. The van der Waals surface area contributed by atoms with Gasteiger partial charge in [0.05, 0.1) is 6.61 Å². The molecule has 1 N–H and O–H groups in total. The maximum absolute atomic E-state index is 10.1. The molecule has 0 bridgehead atoms. The third-order valence-electron chi connectivity index (χ3n) is 0.738. The normalized spacial score (nSPS) is 9.80. The maximum atomic E-state index is 10.1. The average Bonchev–Trinajstić information content (AvgIpc) is 1.88. The Bertz CT molecular complexity index is 135. The van der Waals surface area contributed by atoms with Gasteiger partial charge in [-0.3, -0.25) is 0 Å². The molecule has 0 heterocycles. The summed E-state index contributed by atoms with van der Waals surface area (Å²) < 4.78 is 4.66. The molecule has 0 aliphatic rings. The first kappa shape index (κ1) is 8.74. The van der Waals surface area contributed by atoms with Gasteiger partial charge in [-0.05, 0) is 6.92 Å². The number of hydrogen-bond acceptors (Lipinski definition) is 3. The van der Waals surface area contributed by atoms with Gasteiger partial charge in [-0.15, -0.1) is 5.10 Å². The Morgan fingerprint density at radius 2 is 2.50 bits per heavy atom. The molecule has 0 aliphatic heterocycles. The minimum absolute atomic E-state index is 0.483. The Morgan fingerprint density at radius 1 is 1.90 bits per heavy atom. The zero-order valence-corrected chi connectivity index (χ0v) is 5.94. The number of hydrazone groups is 1. The van der Waals surface area contributed by atoms with Crippen LogP contribution in [0.4, 0.5) is 4.79 Å². The van der Waals surface area contributed by atoms with Crippen molar-refractivity contribution >= 4 is 12.5 Å². The van der Waals surface area contributed by atoms with Crippen LogP contribution in [0.5, 0.6) is 0 Å². The Labute approximate surface area is 58.9 Å². The maximum Gasteiger partial charge on any atom is 0.427 e. The van der Waals surface area contributed by atoms with Crippen molar-refractivity contribution in [1.82, 2.24) is 5.01 Å². The van der Waals surface area contributed by atoms with Gasteiger partial charge in [0.15, 0.2) is 6.40 Å². The number of ether oxygens (including phenoxy) is 1. The molecule has 0 aromatic heterocycles. The summed E-state index contributed by atoms with van der Waals surface area (Å²) in [6, 6.07) is 0. The standard InChI is InChI=1S/C5H10N2O3/c1-3-10-4-6-7(2)5(8)9/h4H,3H2,1-2H3,(H,8,9). The fraction of sp³-hybridized carbons (Fsp3) is 0.600. The third kappa shape index (κ3) is 3.71. The molecule has 0 saturated heterocycles. The second-order valence-corrected chi connectivity index (χ2v) is 1.48. The van der Waals surface area contributed by atoms with Crippen LogP contribution in [-0.4, -0.2) is 36.3 Å². The van der Waals surface area contributed by atoms with E-state index in [0.29, 0.717) is 6.61 Å². The van der Waals surface area contributed by atoms with Crippen LogP contribution in [0.2, 0.25) is 0 Å². The summed E-state index contributed by atoms with van der Waals surface area (Å²) in [5.41, 5.74) is 0. The van der Waals surface area contributed by atoms with Crippen LogP contribution in [0.15, 0.2) is 5.10 Å². The molecule has 5 nitrogen and oxygen atoms in total. The molecule has 0 aromatic carbocycles. The van der Waals surface area contributed by atoms with Crippen LogP contribution >= 0.6 is 0 Å². The summed E-state index contributed by atoms with van der Waals surface area (Å²) in [5.74, 6) is 0. The van der Waals surface area contributed by atoms with Crippen molar-refractivity contribution in [2.75, 3.05) is 13.7 Å². The predicted molar refractivity (Wildman–Crippen MR) is 35.9 cm³/mol. The van der Waals surface area contributed by atoms with Gasteiger partial charge in [-0.2, -0.15) is 5.01 Å². The van der Waals surface area contributed by atoms with Crippen molar-refractivity contribution in [1.29, 1.82) is 0 Å². The van der Waals surface area contributed by atoms with Crippen LogP contribution in [0, 0.1) is 0 Å². The lowest BCUT2D eigenvalue weighted by atomic mass is 10.9. The summed E-state index contributed by atoms with van der Waals surface area (Å²) in [6.45, 7) is 2.27. The van der Waals surface area contributed by atoms with Gasteiger partial charge >= 0.3 is 6.09 Å². The summed E-state index contributed by atoms with van der Waals surface area (Å²) >= 11 is 0. The van der Waals surface area contributed by atoms with E-state index in [1.165, 1.54) is 7.05 Å². The van der Waals surface area contributed by atoms with Crippen molar-refractivity contribution in [3.8, 4) is 0 Å². The van der Waals surface area contributed by atoms with Gasteiger partial charge < -0.3 is 9.84 Å². The molecule has 0 aromatic rings. The van der Waals surface area contributed by atoms with E-state index in [4.69, 9.17) is 5.11 Å². The van der Waals surface area contributed by atoms with Gasteiger partial charge in [0.1, 0.15) is 0 Å². The minimum atomic E-state index is -1.11. The highest BCUT2D eigenvalue weighted by Gasteiger charge is 1.99. The van der Waals surface area contributed by atoms with Crippen LogP contribution in [0.3, 0.4) is 0 Å². The van der Waals surface area contributed by atoms with Crippen LogP contribution in [0.25, 0.3) is 0 Å². The minimum Gasteiger partial charge on any atom is -0.482 e. The monoisotopic (exact) mass is 146 g/mol. The number of nitrogens with zero attached hydrogens (tertiary/aromatic N) is 2. The molecule has 0 fully saturated rings. The first-order chi connectivity index (χ1) is 4.68. The summed E-state index contributed by atoms with van der Waals surface area (Å²) in [7, 11) is 1.32. The number of rotatable bonds is 3. The van der Waals surface area contributed by atoms with Crippen LogP contribution < -0.4 is 0 Å². The van der Waals surface area contributed by atoms with E-state index >= 15 is 0 Å². The van der Waals surface area contributed by atoms with Gasteiger partial charge in [0.25, 0.3) is 0 Å². The molecular formula is C5H10N2O3. The number of hydrogen-bond donors (Lipinski definition) is 1. The summed E-state index contributed by atoms with van der Waals surface area (Å²) in [4.78, 5) is 10.1. The van der Waals surface area contributed by atoms with E-state index in [1.54, 1.807) is 6.92 Å². The molecule has 0 saturated carbocycles. The molecule has 10 heavy (non-hydrogen) atoms. The first-order valence-electron chi connectivity index (χ1n) is 2.79. The lowest BCUT2D eigenvalue weighted by Gasteiger charge is -2.02. The summed E-state index contributed by atoms with van der Waals surface area (Å²) in [6.07, 6.45) is -0.0235. The molecule has 1 amide bonds. The lowest BCUT2D eigenvalue weighted by Crippen LogP contribution is -2.18. The Balaban J connectivity index is 3.55. The van der Waals surface area contributed by atoms with Gasteiger partial charge in [0, 0.05) is 7.05 Å². The number of carboxylic acid groups (broad SMARTS) is 1. The highest BCUT2D eigenvalue weighted by molar-refractivity contribution is 5.65. The predicted octanol–water partition coefficient (Wildman–Crippen LogP) is 0.576. The molecule has 5 heteroatoms. The van der Waals surface area contributed by atoms with Gasteiger partial charge in [-0.1, -0.05) is 0 Å². The van der Waals surface area contributed by atoms with Crippen LogP contribution in [-0.2, 0) is 4.74 Å². The van der Waals surface area contributed by atoms with Crippen molar-refractivity contribution in [2.24, 2.45) is 5.10 Å². The van der Waals surface area contributed by atoms with Crippen molar-refractivity contribution in [3.63, 3.8) is 0 Å². The molecule has 0 rings (SSSR count). The van der Waals surface area contributed by atoms with Gasteiger partial charge in [0.2, 0.25) is 0 Å². The SMILES string of the molecule is CCOC=NN(C)C(=O)O. The summed E-state index contributed by atoms with van der Waals surface area (Å²) in [5, 5.41) is 12.4. The smallest absolute Gasteiger partial charge is 0.427 e. The number of amides is 1. The highest BCUT2D eigenvalue weighted by Crippen LogP contribution is 1.81. The molecule has 0 aliphatic carbocycles. The topological polar surface area (TPSA) is 62.1 Å². The van der Waals surface area contributed by atoms with E-state index in [1.807, 2.05) is 0 Å². The Kier molecular flexibility index (Phi) is 4.02. The molecule has 0 radical (unpaired) electrons. The van der Waals surface area contributed by atoms with Crippen molar-refractivity contribution in [2.45, 2.75) is 6.92 Å². The fourth-order valence-electron chi connectivity index (χ4n) is 0.228. The average molecular weight is 146 g/mol. The molecular weight excluding hydrogens is 136 g/mol. The van der Waals surface area contributed by atoms with Gasteiger partial charge in [-0.25, -0.2) is 4.79 Å². The second-order valence-electron chi connectivity index (χ2n) is 1.48. The van der Waals surface area contributed by atoms with Crippen molar-refractivity contribution in [3.05, 3.63) is 0 Å². The van der Waals surface area contributed by atoms with E-state index in [-0.39, 0.29) is 0 Å². The zero-order valence-electron chi connectivity index (χ0n) is 5.94. The largest absolute Gasteiger partial charge is 0.482 e. The lowest BCUT2D eigenvalue weighted by molar-refractivity contribution is 0.156. The Hall–Kier alpha value is -1.26. The van der Waals surface area contributed by atoms with Crippen LogP contribution in [0.1, 0.15) is 6.92 Å². The number of carbonyl (C=O) groups is 1. The van der Waals surface area contributed by atoms with E-state index in [0.717, 1.165) is 11.4 Å². The molecule has 0 spiro atoms. The van der Waals surface area contributed by atoms with E-state index in [9.17, 15) is 4.79 Å².